The Labute approximate surface area is 210 Å². The molecule has 0 fully saturated rings. The topological polar surface area (TPSA) is 104 Å². The number of ether oxygens (including phenoxy) is 3. The van der Waals surface area contributed by atoms with Gasteiger partial charge < -0.3 is 23.9 Å². The van der Waals surface area contributed by atoms with Gasteiger partial charge in [0.25, 0.3) is 0 Å². The van der Waals surface area contributed by atoms with Crippen molar-refractivity contribution in [1.82, 2.24) is 4.57 Å². The second-order valence-corrected chi connectivity index (χ2v) is 8.64. The van der Waals surface area contributed by atoms with Crippen LogP contribution < -0.4 is 14.9 Å². The molecule has 0 atom stereocenters. The van der Waals surface area contributed by atoms with Crippen LogP contribution in [0.2, 0.25) is 5.02 Å². The highest BCUT2D eigenvalue weighted by Crippen LogP contribution is 2.37. The van der Waals surface area contributed by atoms with Crippen LogP contribution in [-0.4, -0.2) is 35.5 Å². The molecule has 2 heterocycles. The van der Waals surface area contributed by atoms with Gasteiger partial charge in [-0.25, -0.2) is 9.59 Å². The first kappa shape index (κ1) is 23.4. The molecule has 0 unspecified atom stereocenters. The highest BCUT2D eigenvalue weighted by Gasteiger charge is 2.24. The number of carbonyl (C=O) groups excluding carboxylic acids is 1. The number of fused-ring (bicyclic) bond motifs is 2. The zero-order chi connectivity index (χ0) is 25.4. The number of hydrogen-bond acceptors (Lipinski definition) is 6. The van der Waals surface area contributed by atoms with Crippen LogP contribution in [0.15, 0.2) is 65.5 Å². The lowest BCUT2D eigenvalue weighted by molar-refractivity contribution is 0.0599. The Bertz CT molecular complexity index is 1590. The first-order valence-electron chi connectivity index (χ1n) is 11.0. The molecule has 1 aliphatic heterocycles. The summed E-state index contributed by atoms with van der Waals surface area (Å²) in [6, 6.07) is 16.7. The summed E-state index contributed by atoms with van der Waals surface area (Å²) in [5.41, 5.74) is 1.52. The van der Waals surface area contributed by atoms with Gasteiger partial charge >= 0.3 is 11.9 Å². The molecule has 0 saturated heterocycles. The van der Waals surface area contributed by atoms with Crippen LogP contribution in [0.5, 0.6) is 11.5 Å². The fraction of sp³-hybridized carbons (Fsp3) is 0.148. The lowest BCUT2D eigenvalue weighted by Crippen LogP contribution is -2.25. The molecule has 0 aliphatic carbocycles. The Kier molecular flexibility index (Phi) is 6.12. The Balaban J connectivity index is 1.70. The molecular formula is C27H20ClNO7. The predicted molar refractivity (Wildman–Crippen MR) is 132 cm³/mol. The molecular weight excluding hydrogens is 486 g/mol. The molecule has 8 nitrogen and oxygen atoms in total. The van der Waals surface area contributed by atoms with E-state index in [0.29, 0.717) is 44.1 Å². The minimum absolute atomic E-state index is 0.00497. The van der Waals surface area contributed by atoms with E-state index in [-0.39, 0.29) is 36.4 Å². The van der Waals surface area contributed by atoms with Crippen LogP contribution in [0.25, 0.3) is 10.9 Å². The molecule has 4 aromatic rings. The smallest absolute Gasteiger partial charge is 0.352 e. The molecule has 0 bridgehead atoms. The fourth-order valence-electron chi connectivity index (χ4n) is 4.41. The van der Waals surface area contributed by atoms with Crippen molar-refractivity contribution in [2.24, 2.45) is 0 Å². The molecule has 1 aromatic heterocycles. The number of methoxy groups -OCH3 is 1. The van der Waals surface area contributed by atoms with E-state index in [9.17, 15) is 19.5 Å². The van der Waals surface area contributed by atoms with Crippen molar-refractivity contribution in [2.45, 2.75) is 13.0 Å². The second-order valence-electron chi connectivity index (χ2n) is 8.23. The number of rotatable bonds is 6. The molecule has 9 heteroatoms. The third-order valence-electron chi connectivity index (χ3n) is 6.07. The lowest BCUT2D eigenvalue weighted by atomic mass is 9.98. The number of benzene rings is 3. The number of nitrogens with zero attached hydrogens (tertiary/aromatic N) is 1. The van der Waals surface area contributed by atoms with Crippen LogP contribution >= 0.6 is 11.6 Å². The van der Waals surface area contributed by atoms with E-state index in [4.69, 9.17) is 25.8 Å². The fourth-order valence-corrected chi connectivity index (χ4v) is 4.62. The normalized spacial score (nSPS) is 12.1. The van der Waals surface area contributed by atoms with E-state index < -0.39 is 11.9 Å². The average molecular weight is 506 g/mol. The highest BCUT2D eigenvalue weighted by molar-refractivity contribution is 6.31. The third-order valence-corrected chi connectivity index (χ3v) is 6.42. The molecule has 0 saturated carbocycles. The maximum atomic E-state index is 13.5. The molecule has 182 valence electrons. The number of carboxylic acids is 1. The third kappa shape index (κ3) is 4.16. The standard InChI is InChI=1S/C27H20ClNO7/c1-34-27(33)16-6-4-5-15(9-16)10-19-24(26(31)32)29(21-8-3-2-7-18(21)25(19)30)13-17-11-22-23(12-20(17)28)36-14-35-22/h2-9,11-12H,10,13-14H2,1H3,(H,31,32). The van der Waals surface area contributed by atoms with Crippen LogP contribution in [0.4, 0.5) is 0 Å². The number of aromatic carboxylic acids is 1. The number of hydrogen-bond donors (Lipinski definition) is 1. The molecule has 0 amide bonds. The zero-order valence-corrected chi connectivity index (χ0v) is 19.9. The number of para-hydroxylation sites is 1. The molecule has 1 aliphatic rings. The van der Waals surface area contributed by atoms with Gasteiger partial charge in [-0.05, 0) is 41.5 Å². The lowest BCUT2D eigenvalue weighted by Gasteiger charge is -2.19. The molecule has 0 spiro atoms. The summed E-state index contributed by atoms with van der Waals surface area (Å²) >= 11 is 6.50. The van der Waals surface area contributed by atoms with Crippen LogP contribution in [-0.2, 0) is 17.7 Å². The summed E-state index contributed by atoms with van der Waals surface area (Å²) in [6.45, 7) is 0.151. The minimum Gasteiger partial charge on any atom is -0.477 e. The summed E-state index contributed by atoms with van der Waals surface area (Å²) in [6.07, 6.45) is 0.00497. The van der Waals surface area contributed by atoms with Crippen molar-refractivity contribution < 1.29 is 28.9 Å². The quantitative estimate of drug-likeness (QED) is 0.384. The minimum atomic E-state index is -1.26. The van der Waals surface area contributed by atoms with Crippen molar-refractivity contribution in [3.63, 3.8) is 0 Å². The number of halogens is 1. The van der Waals surface area contributed by atoms with E-state index in [2.05, 4.69) is 0 Å². The summed E-state index contributed by atoms with van der Waals surface area (Å²) in [5, 5.41) is 11.0. The molecule has 1 N–H and O–H groups in total. The Morgan fingerprint density at radius 3 is 2.56 bits per heavy atom. The predicted octanol–water partition coefficient (Wildman–Crippen LogP) is 4.51. The monoisotopic (exact) mass is 505 g/mol. The van der Waals surface area contributed by atoms with Crippen molar-refractivity contribution in [3.05, 3.63) is 104 Å². The summed E-state index contributed by atoms with van der Waals surface area (Å²) in [4.78, 5) is 38.1. The van der Waals surface area contributed by atoms with Crippen LogP contribution in [0.3, 0.4) is 0 Å². The Hall–Kier alpha value is -4.30. The molecule has 0 radical (unpaired) electrons. The highest BCUT2D eigenvalue weighted by atomic mass is 35.5. The van der Waals surface area contributed by atoms with Gasteiger partial charge in [0.05, 0.1) is 24.7 Å². The van der Waals surface area contributed by atoms with E-state index in [1.807, 2.05) is 0 Å². The van der Waals surface area contributed by atoms with Crippen LogP contribution in [0, 0.1) is 0 Å². The van der Waals surface area contributed by atoms with E-state index in [1.54, 1.807) is 65.2 Å². The first-order chi connectivity index (χ1) is 17.4. The van der Waals surface area contributed by atoms with E-state index in [0.717, 1.165) is 0 Å². The molecule has 5 rings (SSSR count). The van der Waals surface area contributed by atoms with Gasteiger partial charge in [-0.1, -0.05) is 35.9 Å². The van der Waals surface area contributed by atoms with Crippen molar-refractivity contribution >= 4 is 34.4 Å². The van der Waals surface area contributed by atoms with Crippen LogP contribution in [0.1, 0.15) is 37.5 Å². The summed E-state index contributed by atoms with van der Waals surface area (Å²) < 4.78 is 17.2. The second kappa shape index (κ2) is 9.39. The average Bonchev–Trinajstić information content (AvgIpc) is 3.33. The zero-order valence-electron chi connectivity index (χ0n) is 19.1. The maximum Gasteiger partial charge on any atom is 0.352 e. The van der Waals surface area contributed by atoms with E-state index in [1.165, 1.54) is 7.11 Å². The largest absolute Gasteiger partial charge is 0.477 e. The van der Waals surface area contributed by atoms with Crippen molar-refractivity contribution in [3.8, 4) is 11.5 Å². The number of aromatic nitrogens is 1. The van der Waals surface area contributed by atoms with Gasteiger partial charge in [-0.15, -0.1) is 0 Å². The molecule has 36 heavy (non-hydrogen) atoms. The SMILES string of the molecule is COC(=O)c1cccc(Cc2c(C(=O)O)n(Cc3cc4c(cc3Cl)OCO4)c3ccccc3c2=O)c1. The first-order valence-corrected chi connectivity index (χ1v) is 11.4. The summed E-state index contributed by atoms with van der Waals surface area (Å²) in [5.74, 6) is -0.757. The van der Waals surface area contributed by atoms with E-state index >= 15 is 0 Å². The van der Waals surface area contributed by atoms with Crippen molar-refractivity contribution in [1.29, 1.82) is 0 Å². The number of carbonyl (C=O) groups is 2. The number of esters is 1. The van der Waals surface area contributed by atoms with Gasteiger partial charge in [0.1, 0.15) is 5.69 Å². The van der Waals surface area contributed by atoms with Gasteiger partial charge in [0.15, 0.2) is 16.9 Å². The Morgan fingerprint density at radius 2 is 1.81 bits per heavy atom. The van der Waals surface area contributed by atoms with Gasteiger partial charge in [-0.2, -0.15) is 0 Å². The maximum absolute atomic E-state index is 13.5. The van der Waals surface area contributed by atoms with Gasteiger partial charge in [0, 0.05) is 28.5 Å². The number of carboxylic acid groups (broad SMARTS) is 1. The van der Waals surface area contributed by atoms with Crippen molar-refractivity contribution in [2.75, 3.05) is 13.9 Å². The Morgan fingerprint density at radius 1 is 1.06 bits per heavy atom. The number of pyridine rings is 1. The van der Waals surface area contributed by atoms with Gasteiger partial charge in [0.2, 0.25) is 6.79 Å². The van der Waals surface area contributed by atoms with Gasteiger partial charge in [-0.3, -0.25) is 4.79 Å². The molecule has 3 aromatic carbocycles. The summed E-state index contributed by atoms with van der Waals surface area (Å²) in [7, 11) is 1.28.